The van der Waals surface area contributed by atoms with Gasteiger partial charge in [-0.3, -0.25) is 14.5 Å². The summed E-state index contributed by atoms with van der Waals surface area (Å²) in [4.78, 5) is 26.4. The molecule has 1 fully saturated rings. The van der Waals surface area contributed by atoms with Crippen LogP contribution in [0.25, 0.3) is 0 Å². The highest BCUT2D eigenvalue weighted by atomic mass is 16.5. The molecule has 1 atom stereocenters. The number of hydrogen-bond donors (Lipinski definition) is 2. The molecule has 0 spiro atoms. The second kappa shape index (κ2) is 9.53. The number of nitrogens with zero attached hydrogens (tertiary/aromatic N) is 1. The van der Waals surface area contributed by atoms with E-state index in [2.05, 4.69) is 22.5 Å². The van der Waals surface area contributed by atoms with E-state index in [9.17, 15) is 9.59 Å². The smallest absolute Gasteiger partial charge is 0.251 e. The minimum absolute atomic E-state index is 0.000471. The van der Waals surface area contributed by atoms with Gasteiger partial charge in [-0.15, -0.1) is 0 Å². The van der Waals surface area contributed by atoms with Gasteiger partial charge >= 0.3 is 0 Å². The second-order valence-electron chi connectivity index (χ2n) is 6.79. The topological polar surface area (TPSA) is 70.7 Å². The molecule has 1 aromatic rings. The predicted molar refractivity (Wildman–Crippen MR) is 98.8 cm³/mol. The van der Waals surface area contributed by atoms with E-state index in [1.165, 1.54) is 0 Å². The van der Waals surface area contributed by atoms with Crippen LogP contribution in [0, 0.1) is 0 Å². The molecule has 6 heteroatoms. The Morgan fingerprint density at radius 2 is 1.76 bits per heavy atom. The summed E-state index contributed by atoms with van der Waals surface area (Å²) in [5.74, 6) is -0.105. The molecule has 138 valence electrons. The number of benzene rings is 1. The minimum Gasteiger partial charge on any atom is -0.379 e. The zero-order valence-electron chi connectivity index (χ0n) is 15.4. The number of nitrogens with one attached hydrogen (secondary N) is 2. The van der Waals surface area contributed by atoms with Crippen LogP contribution in [0.4, 0.5) is 5.69 Å². The van der Waals surface area contributed by atoms with Gasteiger partial charge in [-0.2, -0.15) is 0 Å². The zero-order chi connectivity index (χ0) is 18.2. The van der Waals surface area contributed by atoms with E-state index < -0.39 is 0 Å². The molecule has 1 aliphatic heterocycles. The molecular formula is C19H29N3O3. The van der Waals surface area contributed by atoms with Crippen LogP contribution in [-0.2, 0) is 9.53 Å². The van der Waals surface area contributed by atoms with Crippen LogP contribution in [0.5, 0.6) is 0 Å². The van der Waals surface area contributed by atoms with Gasteiger partial charge in [0.25, 0.3) is 5.91 Å². The third kappa shape index (κ3) is 6.48. The van der Waals surface area contributed by atoms with Crippen LogP contribution in [0.1, 0.15) is 44.0 Å². The van der Waals surface area contributed by atoms with Crippen LogP contribution >= 0.6 is 0 Å². The molecule has 0 aliphatic carbocycles. The molecule has 1 heterocycles. The van der Waals surface area contributed by atoms with Gasteiger partial charge in [-0.25, -0.2) is 0 Å². The molecule has 0 saturated carbocycles. The van der Waals surface area contributed by atoms with E-state index in [0.29, 0.717) is 23.7 Å². The quantitative estimate of drug-likeness (QED) is 0.794. The zero-order valence-corrected chi connectivity index (χ0v) is 15.4. The molecule has 6 nitrogen and oxygen atoms in total. The number of morpholine rings is 1. The molecule has 2 N–H and O–H groups in total. The van der Waals surface area contributed by atoms with E-state index in [-0.39, 0.29) is 17.9 Å². The molecule has 1 saturated heterocycles. The van der Waals surface area contributed by atoms with Crippen molar-refractivity contribution in [3.05, 3.63) is 29.8 Å². The number of rotatable bonds is 7. The molecule has 25 heavy (non-hydrogen) atoms. The highest BCUT2D eigenvalue weighted by Crippen LogP contribution is 2.13. The Bertz CT molecular complexity index is 566. The fraction of sp³-hybridized carbons (Fsp3) is 0.579. The van der Waals surface area contributed by atoms with Crippen molar-refractivity contribution >= 4 is 17.5 Å². The number of amides is 2. The normalized spacial score (nSPS) is 16.5. The monoisotopic (exact) mass is 347 g/mol. The Kier molecular flexibility index (Phi) is 7.40. The van der Waals surface area contributed by atoms with E-state index in [1.54, 1.807) is 24.3 Å². The van der Waals surface area contributed by atoms with Gasteiger partial charge in [0, 0.05) is 42.8 Å². The summed E-state index contributed by atoms with van der Waals surface area (Å²) >= 11 is 0. The van der Waals surface area contributed by atoms with Crippen LogP contribution in [0.2, 0.25) is 0 Å². The third-order valence-corrected chi connectivity index (χ3v) is 4.31. The summed E-state index contributed by atoms with van der Waals surface area (Å²) in [6, 6.07) is 7.45. The van der Waals surface area contributed by atoms with Gasteiger partial charge in [0.05, 0.1) is 13.2 Å². The number of anilines is 1. The van der Waals surface area contributed by atoms with Gasteiger partial charge in [0.2, 0.25) is 5.91 Å². The second-order valence-corrected chi connectivity index (χ2v) is 6.79. The maximum Gasteiger partial charge on any atom is 0.251 e. The Labute approximate surface area is 149 Å². The van der Waals surface area contributed by atoms with Crippen molar-refractivity contribution in [3.8, 4) is 0 Å². The number of hydrogen-bond acceptors (Lipinski definition) is 4. The Balaban J connectivity index is 1.77. The average molecular weight is 347 g/mol. The number of carbonyl (C=O) groups excluding carboxylic acids is 2. The predicted octanol–water partition coefficient (Wildman–Crippen LogP) is 2.26. The standard InChI is InChI=1S/C19H29N3O3/c1-14(2)20-19(24)16-5-7-17(8-6-16)21-18(23)9-4-15(3)22-10-12-25-13-11-22/h5-8,14-15H,4,9-13H2,1-3H3,(H,20,24)(H,21,23). The fourth-order valence-corrected chi connectivity index (χ4v) is 2.81. The van der Waals surface area contributed by atoms with E-state index in [0.717, 1.165) is 32.7 Å². The molecular weight excluding hydrogens is 318 g/mol. The van der Waals surface area contributed by atoms with Crippen LogP contribution in [0.3, 0.4) is 0 Å². The van der Waals surface area contributed by atoms with Gasteiger partial charge in [-0.05, 0) is 51.5 Å². The van der Waals surface area contributed by atoms with Crippen molar-refractivity contribution in [2.24, 2.45) is 0 Å². The average Bonchev–Trinajstić information content (AvgIpc) is 2.60. The van der Waals surface area contributed by atoms with E-state index in [4.69, 9.17) is 4.74 Å². The van der Waals surface area contributed by atoms with Crippen molar-refractivity contribution in [2.75, 3.05) is 31.6 Å². The number of carbonyl (C=O) groups is 2. The van der Waals surface area contributed by atoms with E-state index in [1.807, 2.05) is 13.8 Å². The van der Waals surface area contributed by atoms with Crippen molar-refractivity contribution in [1.29, 1.82) is 0 Å². The Morgan fingerprint density at radius 1 is 1.12 bits per heavy atom. The van der Waals surface area contributed by atoms with Crippen molar-refractivity contribution < 1.29 is 14.3 Å². The minimum atomic E-state index is -0.104. The lowest BCUT2D eigenvalue weighted by Gasteiger charge is -2.32. The third-order valence-electron chi connectivity index (χ3n) is 4.31. The lowest BCUT2D eigenvalue weighted by Crippen LogP contribution is -2.42. The van der Waals surface area contributed by atoms with Gasteiger partial charge in [0.1, 0.15) is 0 Å². The number of ether oxygens (including phenoxy) is 1. The molecule has 0 radical (unpaired) electrons. The molecule has 2 amide bonds. The lowest BCUT2D eigenvalue weighted by molar-refractivity contribution is -0.116. The van der Waals surface area contributed by atoms with E-state index >= 15 is 0 Å². The summed E-state index contributed by atoms with van der Waals surface area (Å²) in [7, 11) is 0. The van der Waals surface area contributed by atoms with Crippen molar-refractivity contribution in [3.63, 3.8) is 0 Å². The first-order valence-corrected chi connectivity index (χ1v) is 8.98. The first-order valence-electron chi connectivity index (χ1n) is 8.98. The SMILES string of the molecule is CC(C)NC(=O)c1ccc(NC(=O)CCC(C)N2CCOCC2)cc1. The molecule has 0 bridgehead atoms. The maximum absolute atomic E-state index is 12.1. The Hall–Kier alpha value is -1.92. The van der Waals surface area contributed by atoms with Crippen molar-refractivity contribution in [1.82, 2.24) is 10.2 Å². The molecule has 1 aromatic carbocycles. The highest BCUT2D eigenvalue weighted by molar-refractivity contribution is 5.95. The fourth-order valence-electron chi connectivity index (χ4n) is 2.81. The van der Waals surface area contributed by atoms with Gasteiger partial charge in [0.15, 0.2) is 0 Å². The summed E-state index contributed by atoms with van der Waals surface area (Å²) < 4.78 is 5.35. The van der Waals surface area contributed by atoms with Crippen LogP contribution in [-0.4, -0.2) is 55.1 Å². The molecule has 0 aromatic heterocycles. The summed E-state index contributed by atoms with van der Waals surface area (Å²) in [5.41, 5.74) is 1.30. The largest absolute Gasteiger partial charge is 0.379 e. The summed E-state index contributed by atoms with van der Waals surface area (Å²) in [6.07, 6.45) is 1.30. The molecule has 1 unspecified atom stereocenters. The van der Waals surface area contributed by atoms with Gasteiger partial charge < -0.3 is 15.4 Å². The molecule has 2 rings (SSSR count). The Morgan fingerprint density at radius 3 is 2.36 bits per heavy atom. The molecule has 1 aliphatic rings. The lowest BCUT2D eigenvalue weighted by atomic mass is 10.1. The highest BCUT2D eigenvalue weighted by Gasteiger charge is 2.17. The summed E-state index contributed by atoms with van der Waals surface area (Å²) in [5, 5.41) is 5.74. The van der Waals surface area contributed by atoms with Gasteiger partial charge in [-0.1, -0.05) is 0 Å². The first kappa shape index (κ1) is 19.4. The van der Waals surface area contributed by atoms with Crippen molar-refractivity contribution in [2.45, 2.75) is 45.7 Å². The van der Waals surface area contributed by atoms with Crippen LogP contribution < -0.4 is 10.6 Å². The van der Waals surface area contributed by atoms with Crippen LogP contribution in [0.15, 0.2) is 24.3 Å². The first-order chi connectivity index (χ1) is 12.0. The summed E-state index contributed by atoms with van der Waals surface area (Å²) in [6.45, 7) is 9.40. The maximum atomic E-state index is 12.1.